The number of phenols is 1. The van der Waals surface area contributed by atoms with Crippen LogP contribution in [0.15, 0.2) is 12.1 Å². The van der Waals surface area contributed by atoms with Gasteiger partial charge in [0.15, 0.2) is 0 Å². The molecule has 0 aliphatic heterocycles. The number of aryl methyl sites for hydroxylation is 1. The summed E-state index contributed by atoms with van der Waals surface area (Å²) in [5.41, 5.74) is 6.61. The van der Waals surface area contributed by atoms with E-state index in [9.17, 15) is 13.9 Å². The second-order valence-electron chi connectivity index (χ2n) is 5.24. The maximum atomic E-state index is 12.9. The zero-order valence-electron chi connectivity index (χ0n) is 10.5. The zero-order valence-corrected chi connectivity index (χ0v) is 10.5. The molecule has 0 saturated heterocycles. The van der Waals surface area contributed by atoms with Gasteiger partial charge in [0.2, 0.25) is 0 Å². The molecule has 2 nitrogen and oxygen atoms in total. The van der Waals surface area contributed by atoms with E-state index in [2.05, 4.69) is 0 Å². The van der Waals surface area contributed by atoms with Crippen LogP contribution in [0.3, 0.4) is 0 Å². The highest BCUT2D eigenvalue weighted by atomic mass is 19.3. The van der Waals surface area contributed by atoms with Crippen LogP contribution >= 0.6 is 0 Å². The van der Waals surface area contributed by atoms with Crippen molar-refractivity contribution in [2.75, 3.05) is 6.54 Å². The molecule has 0 aromatic heterocycles. The van der Waals surface area contributed by atoms with Gasteiger partial charge < -0.3 is 10.8 Å². The summed E-state index contributed by atoms with van der Waals surface area (Å²) < 4.78 is 25.8. The van der Waals surface area contributed by atoms with E-state index in [0.717, 1.165) is 31.2 Å². The van der Waals surface area contributed by atoms with Gasteiger partial charge in [-0.25, -0.2) is 8.78 Å². The van der Waals surface area contributed by atoms with Gasteiger partial charge in [-0.1, -0.05) is 24.5 Å². The highest BCUT2D eigenvalue weighted by Crippen LogP contribution is 2.46. The molecule has 0 unspecified atom stereocenters. The van der Waals surface area contributed by atoms with Crippen molar-refractivity contribution in [1.82, 2.24) is 0 Å². The van der Waals surface area contributed by atoms with Crippen molar-refractivity contribution in [3.05, 3.63) is 28.8 Å². The van der Waals surface area contributed by atoms with Gasteiger partial charge in [-0.2, -0.15) is 0 Å². The van der Waals surface area contributed by atoms with Gasteiger partial charge in [0.1, 0.15) is 5.75 Å². The lowest BCUT2D eigenvalue weighted by Gasteiger charge is -2.29. The first-order valence-electron chi connectivity index (χ1n) is 6.32. The number of phenolic OH excluding ortho intramolecular Hbond substituents is 1. The molecule has 4 heteroatoms. The van der Waals surface area contributed by atoms with Gasteiger partial charge >= 0.3 is 0 Å². The summed E-state index contributed by atoms with van der Waals surface area (Å²) in [6, 6.07) is 3.15. The van der Waals surface area contributed by atoms with E-state index >= 15 is 0 Å². The molecule has 100 valence electrons. The van der Waals surface area contributed by atoms with E-state index in [1.165, 1.54) is 6.07 Å². The van der Waals surface area contributed by atoms with Gasteiger partial charge in [-0.05, 0) is 25.8 Å². The van der Waals surface area contributed by atoms with Gasteiger partial charge in [0.25, 0.3) is 6.43 Å². The summed E-state index contributed by atoms with van der Waals surface area (Å²) in [7, 11) is 0. The largest absolute Gasteiger partial charge is 0.507 e. The first kappa shape index (κ1) is 13.3. The summed E-state index contributed by atoms with van der Waals surface area (Å²) in [5.74, 6) is -0.261. The molecular formula is C14H19F2NO. The molecule has 0 heterocycles. The third-order valence-electron chi connectivity index (χ3n) is 4.04. The van der Waals surface area contributed by atoms with Crippen LogP contribution in [0.25, 0.3) is 0 Å². The quantitative estimate of drug-likeness (QED) is 0.869. The Bertz CT molecular complexity index is 440. The first-order chi connectivity index (χ1) is 8.50. The molecule has 0 radical (unpaired) electrons. The third-order valence-corrected chi connectivity index (χ3v) is 4.04. The Morgan fingerprint density at radius 2 is 1.94 bits per heavy atom. The summed E-state index contributed by atoms with van der Waals surface area (Å²) in [5, 5.41) is 10.1. The molecule has 0 atom stereocenters. The summed E-state index contributed by atoms with van der Waals surface area (Å²) in [6.45, 7) is 2.17. The highest BCUT2D eigenvalue weighted by Gasteiger charge is 2.37. The molecule has 1 aromatic rings. The predicted molar refractivity (Wildman–Crippen MR) is 67.0 cm³/mol. The number of hydrogen-bond acceptors (Lipinski definition) is 2. The molecule has 1 aliphatic carbocycles. The maximum Gasteiger partial charge on any atom is 0.267 e. The standard InChI is InChI=1S/C14H19F2NO/c1-9-6-10(13(15)16)12(18)11(7-9)14(8-17)4-2-3-5-14/h6-7,13,18H,2-5,8,17H2,1H3. The molecular weight excluding hydrogens is 236 g/mol. The van der Waals surface area contributed by atoms with Crippen LogP contribution < -0.4 is 5.73 Å². The topological polar surface area (TPSA) is 46.2 Å². The Morgan fingerprint density at radius 1 is 1.33 bits per heavy atom. The first-order valence-corrected chi connectivity index (χ1v) is 6.32. The highest BCUT2D eigenvalue weighted by molar-refractivity contribution is 5.48. The lowest BCUT2D eigenvalue weighted by molar-refractivity contribution is 0.147. The van der Waals surface area contributed by atoms with E-state index in [-0.39, 0.29) is 16.7 Å². The number of rotatable bonds is 3. The fourth-order valence-corrected chi connectivity index (χ4v) is 3.01. The average molecular weight is 255 g/mol. The average Bonchev–Trinajstić information content (AvgIpc) is 2.81. The monoisotopic (exact) mass is 255 g/mol. The summed E-state index contributed by atoms with van der Waals surface area (Å²) >= 11 is 0. The van der Waals surface area contributed by atoms with Crippen LogP contribution in [0.4, 0.5) is 8.78 Å². The van der Waals surface area contributed by atoms with Crippen LogP contribution in [0, 0.1) is 6.92 Å². The second kappa shape index (κ2) is 4.84. The number of hydrogen-bond donors (Lipinski definition) is 2. The maximum absolute atomic E-state index is 12.9. The van der Waals surface area contributed by atoms with Gasteiger partial charge in [-0.15, -0.1) is 0 Å². The van der Waals surface area contributed by atoms with Crippen molar-refractivity contribution in [1.29, 1.82) is 0 Å². The lowest BCUT2D eigenvalue weighted by atomic mass is 9.77. The minimum atomic E-state index is -2.65. The Labute approximate surface area is 106 Å². The SMILES string of the molecule is Cc1cc(C(F)F)c(O)c(C2(CN)CCCC2)c1. The van der Waals surface area contributed by atoms with E-state index in [0.29, 0.717) is 12.1 Å². The molecule has 0 spiro atoms. The number of alkyl halides is 2. The zero-order chi connectivity index (χ0) is 13.3. The molecule has 18 heavy (non-hydrogen) atoms. The van der Waals surface area contributed by atoms with Gasteiger partial charge in [-0.3, -0.25) is 0 Å². The number of aromatic hydroxyl groups is 1. The normalized spacial score (nSPS) is 18.5. The van der Waals surface area contributed by atoms with Crippen LogP contribution in [0.5, 0.6) is 5.75 Å². The molecule has 1 aromatic carbocycles. The molecule has 0 amide bonds. The van der Waals surface area contributed by atoms with E-state index in [1.54, 1.807) is 13.0 Å². The predicted octanol–water partition coefficient (Wildman–Crippen LogP) is 3.41. The third kappa shape index (κ3) is 2.09. The Kier molecular flexibility index (Phi) is 3.57. The Balaban J connectivity index is 2.56. The van der Waals surface area contributed by atoms with Crippen LogP contribution in [-0.4, -0.2) is 11.7 Å². The van der Waals surface area contributed by atoms with Crippen LogP contribution in [0.1, 0.15) is 48.8 Å². The van der Waals surface area contributed by atoms with Crippen LogP contribution in [-0.2, 0) is 5.41 Å². The smallest absolute Gasteiger partial charge is 0.267 e. The van der Waals surface area contributed by atoms with Crippen molar-refractivity contribution < 1.29 is 13.9 Å². The number of nitrogens with two attached hydrogens (primary N) is 1. The fourth-order valence-electron chi connectivity index (χ4n) is 3.01. The number of benzene rings is 1. The van der Waals surface area contributed by atoms with Crippen molar-refractivity contribution in [3.8, 4) is 5.75 Å². The molecule has 1 aliphatic rings. The minimum Gasteiger partial charge on any atom is -0.507 e. The molecule has 3 N–H and O–H groups in total. The molecule has 1 saturated carbocycles. The lowest BCUT2D eigenvalue weighted by Crippen LogP contribution is -2.32. The molecule has 0 bridgehead atoms. The van der Waals surface area contributed by atoms with Gasteiger partial charge in [0, 0.05) is 17.5 Å². The van der Waals surface area contributed by atoms with Crippen molar-refractivity contribution in [2.45, 2.75) is 44.4 Å². The minimum absolute atomic E-state index is 0.261. The van der Waals surface area contributed by atoms with E-state index in [4.69, 9.17) is 5.73 Å². The fraction of sp³-hybridized carbons (Fsp3) is 0.571. The summed E-state index contributed by atoms with van der Waals surface area (Å²) in [6.07, 6.45) is 1.15. The summed E-state index contributed by atoms with van der Waals surface area (Å²) in [4.78, 5) is 0. The Hall–Kier alpha value is -1.16. The van der Waals surface area contributed by atoms with E-state index in [1.807, 2.05) is 0 Å². The van der Waals surface area contributed by atoms with Crippen molar-refractivity contribution in [2.24, 2.45) is 5.73 Å². The van der Waals surface area contributed by atoms with Crippen molar-refractivity contribution in [3.63, 3.8) is 0 Å². The van der Waals surface area contributed by atoms with E-state index < -0.39 is 6.43 Å². The Morgan fingerprint density at radius 3 is 2.44 bits per heavy atom. The molecule has 2 rings (SSSR count). The van der Waals surface area contributed by atoms with Crippen LogP contribution in [0.2, 0.25) is 0 Å². The van der Waals surface area contributed by atoms with Crippen molar-refractivity contribution >= 4 is 0 Å². The van der Waals surface area contributed by atoms with Gasteiger partial charge in [0.05, 0.1) is 5.56 Å². The second-order valence-corrected chi connectivity index (χ2v) is 5.24. The molecule has 1 fully saturated rings. The number of halogens is 2.